The van der Waals surface area contributed by atoms with Crippen molar-refractivity contribution in [2.75, 3.05) is 18.5 Å². The van der Waals surface area contributed by atoms with Gasteiger partial charge in [-0.25, -0.2) is 0 Å². The van der Waals surface area contributed by atoms with Crippen LogP contribution in [0.5, 0.6) is 0 Å². The van der Waals surface area contributed by atoms with E-state index in [-0.39, 0.29) is 30.7 Å². The van der Waals surface area contributed by atoms with Crippen LogP contribution in [0.25, 0.3) is 0 Å². The van der Waals surface area contributed by atoms with Gasteiger partial charge >= 0.3 is 0 Å². The summed E-state index contributed by atoms with van der Waals surface area (Å²) < 4.78 is 0. The maximum atomic E-state index is 12.6. The first-order valence-corrected chi connectivity index (χ1v) is 9.33. The first kappa shape index (κ1) is 19.4. The van der Waals surface area contributed by atoms with Gasteiger partial charge in [0.05, 0.1) is 6.54 Å². The molecule has 28 heavy (non-hydrogen) atoms. The monoisotopic (exact) mass is 372 g/mol. The Balaban J connectivity index is 1.64. The second kappa shape index (κ2) is 9.51. The Morgan fingerprint density at radius 2 is 1.25 bits per heavy atom. The summed E-state index contributed by atoms with van der Waals surface area (Å²) in [5.41, 5.74) is 2.96. The average molecular weight is 372 g/mol. The van der Waals surface area contributed by atoms with E-state index in [1.807, 2.05) is 91.0 Å². The molecule has 0 aromatic heterocycles. The zero-order chi connectivity index (χ0) is 19.8. The van der Waals surface area contributed by atoms with Crippen molar-refractivity contribution in [3.05, 3.63) is 102 Å². The summed E-state index contributed by atoms with van der Waals surface area (Å²) in [4.78, 5) is 26.5. The minimum absolute atomic E-state index is 0.0273. The molecular weight excluding hydrogens is 348 g/mol. The van der Waals surface area contributed by atoms with Crippen molar-refractivity contribution in [1.29, 1.82) is 0 Å². The topological polar surface area (TPSA) is 49.4 Å². The van der Waals surface area contributed by atoms with Gasteiger partial charge in [-0.1, -0.05) is 78.9 Å². The van der Waals surface area contributed by atoms with E-state index in [2.05, 4.69) is 5.32 Å². The summed E-state index contributed by atoms with van der Waals surface area (Å²) in [5.74, 6) is -0.354. The highest BCUT2D eigenvalue weighted by atomic mass is 16.2. The SMILES string of the molecule is CN(C(=O)CNC(=O)CC(c1ccccc1)c1ccccc1)c1ccccc1. The summed E-state index contributed by atoms with van der Waals surface area (Å²) in [6.07, 6.45) is 0.288. The zero-order valence-corrected chi connectivity index (χ0v) is 15.9. The molecule has 3 rings (SSSR count). The number of likely N-dealkylation sites (N-methyl/N-ethyl adjacent to an activating group) is 1. The standard InChI is InChI=1S/C24H24N2O2/c1-26(21-15-9-4-10-16-21)24(28)18-25-23(27)17-22(19-11-5-2-6-12-19)20-13-7-3-8-14-20/h2-16,22H,17-18H2,1H3,(H,25,27). The van der Waals surface area contributed by atoms with Gasteiger partial charge in [0.25, 0.3) is 0 Å². The number of carbonyl (C=O) groups excluding carboxylic acids is 2. The molecule has 0 fully saturated rings. The molecule has 0 heterocycles. The molecule has 0 saturated heterocycles. The van der Waals surface area contributed by atoms with E-state index in [1.165, 1.54) is 0 Å². The highest BCUT2D eigenvalue weighted by molar-refractivity contribution is 5.96. The Hall–Kier alpha value is -3.40. The maximum absolute atomic E-state index is 12.6. The second-order valence-electron chi connectivity index (χ2n) is 6.64. The minimum atomic E-state index is -0.157. The van der Waals surface area contributed by atoms with E-state index < -0.39 is 0 Å². The lowest BCUT2D eigenvalue weighted by Crippen LogP contribution is -2.38. The molecule has 0 unspecified atom stereocenters. The summed E-state index contributed by atoms with van der Waals surface area (Å²) in [6.45, 7) is -0.0273. The van der Waals surface area contributed by atoms with Gasteiger partial charge in [0.1, 0.15) is 0 Å². The number of nitrogens with zero attached hydrogens (tertiary/aromatic N) is 1. The number of rotatable bonds is 7. The normalized spacial score (nSPS) is 10.5. The maximum Gasteiger partial charge on any atom is 0.246 e. The predicted octanol–water partition coefficient (Wildman–Crippen LogP) is 3.99. The van der Waals surface area contributed by atoms with E-state index in [0.717, 1.165) is 16.8 Å². The molecule has 142 valence electrons. The third-order valence-corrected chi connectivity index (χ3v) is 4.75. The molecule has 4 heteroatoms. The fourth-order valence-electron chi connectivity index (χ4n) is 3.14. The molecule has 3 aromatic carbocycles. The largest absolute Gasteiger partial charge is 0.347 e. The summed E-state index contributed by atoms with van der Waals surface area (Å²) in [5, 5.41) is 2.77. The highest BCUT2D eigenvalue weighted by Gasteiger charge is 2.19. The number of benzene rings is 3. The first-order valence-electron chi connectivity index (χ1n) is 9.33. The minimum Gasteiger partial charge on any atom is -0.347 e. The smallest absolute Gasteiger partial charge is 0.246 e. The molecule has 0 aliphatic carbocycles. The Bertz CT molecular complexity index is 856. The van der Waals surface area contributed by atoms with Crippen molar-refractivity contribution < 1.29 is 9.59 Å². The van der Waals surface area contributed by atoms with Crippen LogP contribution in [0.3, 0.4) is 0 Å². The van der Waals surface area contributed by atoms with Gasteiger partial charge in [-0.3, -0.25) is 9.59 Å². The average Bonchev–Trinajstić information content (AvgIpc) is 2.77. The fraction of sp³-hybridized carbons (Fsp3) is 0.167. The number of hydrogen-bond donors (Lipinski definition) is 1. The molecule has 0 saturated carbocycles. The second-order valence-corrected chi connectivity index (χ2v) is 6.64. The van der Waals surface area contributed by atoms with E-state index >= 15 is 0 Å². The van der Waals surface area contributed by atoms with Gasteiger partial charge in [0.15, 0.2) is 0 Å². The molecule has 0 atom stereocenters. The molecule has 2 amide bonds. The van der Waals surface area contributed by atoms with Crippen LogP contribution >= 0.6 is 0 Å². The van der Waals surface area contributed by atoms with Gasteiger partial charge in [-0.05, 0) is 23.3 Å². The lowest BCUT2D eigenvalue weighted by molar-refractivity contribution is -0.125. The van der Waals surface area contributed by atoms with E-state index in [4.69, 9.17) is 0 Å². The third kappa shape index (κ3) is 5.07. The van der Waals surface area contributed by atoms with E-state index in [1.54, 1.807) is 11.9 Å². The van der Waals surface area contributed by atoms with Crippen LogP contribution in [-0.2, 0) is 9.59 Å². The molecule has 0 aliphatic rings. The lowest BCUT2D eigenvalue weighted by atomic mass is 9.88. The number of nitrogens with one attached hydrogen (secondary N) is 1. The number of anilines is 1. The Kier molecular flexibility index (Phi) is 6.58. The van der Waals surface area contributed by atoms with Crippen molar-refractivity contribution in [2.24, 2.45) is 0 Å². The van der Waals surface area contributed by atoms with Crippen molar-refractivity contribution in [3.8, 4) is 0 Å². The third-order valence-electron chi connectivity index (χ3n) is 4.75. The zero-order valence-electron chi connectivity index (χ0n) is 15.9. The van der Waals surface area contributed by atoms with Gasteiger partial charge < -0.3 is 10.2 Å². The van der Waals surface area contributed by atoms with Crippen LogP contribution in [0, 0.1) is 0 Å². The molecule has 4 nitrogen and oxygen atoms in total. The van der Waals surface area contributed by atoms with Crippen molar-refractivity contribution in [2.45, 2.75) is 12.3 Å². The highest BCUT2D eigenvalue weighted by Crippen LogP contribution is 2.27. The molecular formula is C24H24N2O2. The van der Waals surface area contributed by atoms with Crippen LogP contribution in [0.15, 0.2) is 91.0 Å². The fourth-order valence-corrected chi connectivity index (χ4v) is 3.14. The molecule has 3 aromatic rings. The Morgan fingerprint density at radius 1 is 0.786 bits per heavy atom. The van der Waals surface area contributed by atoms with Gasteiger partial charge in [0, 0.05) is 25.1 Å². The predicted molar refractivity (Wildman–Crippen MR) is 112 cm³/mol. The molecule has 0 bridgehead atoms. The van der Waals surface area contributed by atoms with Crippen LogP contribution in [0.4, 0.5) is 5.69 Å². The quantitative estimate of drug-likeness (QED) is 0.682. The number of amides is 2. The van der Waals surface area contributed by atoms with Crippen molar-refractivity contribution in [1.82, 2.24) is 5.32 Å². The summed E-state index contributed by atoms with van der Waals surface area (Å²) >= 11 is 0. The first-order chi connectivity index (χ1) is 13.6. The Morgan fingerprint density at radius 3 is 1.75 bits per heavy atom. The van der Waals surface area contributed by atoms with Gasteiger partial charge in [-0.2, -0.15) is 0 Å². The molecule has 0 spiro atoms. The van der Waals surface area contributed by atoms with Crippen molar-refractivity contribution in [3.63, 3.8) is 0 Å². The Labute approximate surface area is 165 Å². The van der Waals surface area contributed by atoms with Crippen LogP contribution in [0.1, 0.15) is 23.5 Å². The molecule has 0 radical (unpaired) electrons. The van der Waals surface area contributed by atoms with E-state index in [9.17, 15) is 9.59 Å². The summed E-state index contributed by atoms with van der Waals surface area (Å²) in [7, 11) is 1.71. The van der Waals surface area contributed by atoms with Crippen LogP contribution in [-0.4, -0.2) is 25.4 Å². The molecule has 0 aliphatic heterocycles. The number of para-hydroxylation sites is 1. The van der Waals surface area contributed by atoms with Gasteiger partial charge in [-0.15, -0.1) is 0 Å². The van der Waals surface area contributed by atoms with Crippen molar-refractivity contribution >= 4 is 17.5 Å². The molecule has 1 N–H and O–H groups in total. The lowest BCUT2D eigenvalue weighted by Gasteiger charge is -2.20. The van der Waals surface area contributed by atoms with Gasteiger partial charge in [0.2, 0.25) is 11.8 Å². The van der Waals surface area contributed by atoms with E-state index in [0.29, 0.717) is 0 Å². The number of carbonyl (C=O) groups is 2. The van der Waals surface area contributed by atoms with Crippen LogP contribution in [0.2, 0.25) is 0 Å². The number of hydrogen-bond acceptors (Lipinski definition) is 2. The van der Waals surface area contributed by atoms with Crippen LogP contribution < -0.4 is 10.2 Å². The summed E-state index contributed by atoms with van der Waals surface area (Å²) in [6, 6.07) is 29.3.